The predicted molar refractivity (Wildman–Crippen MR) is 76.2 cm³/mol. The molecule has 2 N–H and O–H groups in total. The van der Waals surface area contributed by atoms with Crippen LogP contribution in [-0.4, -0.2) is 23.0 Å². The first-order valence-electron chi connectivity index (χ1n) is 7.33. The third kappa shape index (κ3) is 4.55. The monoisotopic (exact) mass is 293 g/mol. The topological polar surface area (TPSA) is 66.4 Å². The van der Waals surface area contributed by atoms with E-state index in [2.05, 4.69) is 5.32 Å². The number of carbonyl (C=O) groups is 2. The van der Waals surface area contributed by atoms with Crippen LogP contribution in [0.5, 0.6) is 0 Å². The fourth-order valence-electron chi connectivity index (χ4n) is 2.83. The SMILES string of the molecule is O=C(CCc1cccc(F)c1)N[C@H]1CCCC[C@H]1C(=O)O. The van der Waals surface area contributed by atoms with Gasteiger partial charge >= 0.3 is 5.97 Å². The van der Waals surface area contributed by atoms with Gasteiger partial charge < -0.3 is 10.4 Å². The standard InChI is InChI=1S/C16H20FNO3/c17-12-5-3-4-11(10-12)8-9-15(19)18-14-7-2-1-6-13(14)16(20)21/h3-5,10,13-14H,1-2,6-9H2,(H,18,19)(H,20,21)/t13-,14+/m1/s1. The number of hydrogen-bond donors (Lipinski definition) is 2. The fourth-order valence-corrected chi connectivity index (χ4v) is 2.83. The van der Waals surface area contributed by atoms with Crippen molar-refractivity contribution in [2.45, 2.75) is 44.6 Å². The minimum absolute atomic E-state index is 0.169. The first-order chi connectivity index (χ1) is 10.1. The molecule has 0 aliphatic heterocycles. The molecule has 1 aliphatic carbocycles. The van der Waals surface area contributed by atoms with Crippen LogP contribution in [0.25, 0.3) is 0 Å². The molecule has 21 heavy (non-hydrogen) atoms. The van der Waals surface area contributed by atoms with Gasteiger partial charge in [-0.1, -0.05) is 25.0 Å². The Balaban J connectivity index is 1.84. The van der Waals surface area contributed by atoms with Crippen LogP contribution < -0.4 is 5.32 Å². The van der Waals surface area contributed by atoms with Gasteiger partial charge in [0.2, 0.25) is 5.91 Å². The van der Waals surface area contributed by atoms with Gasteiger partial charge in [-0.2, -0.15) is 0 Å². The summed E-state index contributed by atoms with van der Waals surface area (Å²) in [5.41, 5.74) is 0.767. The Bertz CT molecular complexity index is 518. The van der Waals surface area contributed by atoms with E-state index in [0.29, 0.717) is 19.3 Å². The van der Waals surface area contributed by atoms with E-state index in [1.807, 2.05) is 0 Å². The van der Waals surface area contributed by atoms with Crippen LogP contribution in [0, 0.1) is 11.7 Å². The number of aryl methyl sites for hydroxylation is 1. The van der Waals surface area contributed by atoms with E-state index in [1.165, 1.54) is 12.1 Å². The van der Waals surface area contributed by atoms with Crippen molar-refractivity contribution in [1.82, 2.24) is 5.32 Å². The molecule has 1 aromatic carbocycles. The molecule has 0 saturated heterocycles. The molecule has 5 heteroatoms. The molecule has 0 unspecified atom stereocenters. The third-order valence-electron chi connectivity index (χ3n) is 3.96. The summed E-state index contributed by atoms with van der Waals surface area (Å²) in [6, 6.07) is 5.88. The van der Waals surface area contributed by atoms with Crippen LogP contribution in [0.4, 0.5) is 4.39 Å². The highest BCUT2D eigenvalue weighted by Gasteiger charge is 2.31. The predicted octanol–water partition coefficient (Wildman–Crippen LogP) is 2.52. The molecule has 2 atom stereocenters. The van der Waals surface area contributed by atoms with Crippen molar-refractivity contribution in [3.63, 3.8) is 0 Å². The molecule has 1 aromatic rings. The summed E-state index contributed by atoms with van der Waals surface area (Å²) in [7, 11) is 0. The lowest BCUT2D eigenvalue weighted by Gasteiger charge is -2.29. The van der Waals surface area contributed by atoms with Crippen molar-refractivity contribution in [3.05, 3.63) is 35.6 Å². The molecule has 4 nitrogen and oxygen atoms in total. The van der Waals surface area contributed by atoms with Gasteiger partial charge in [-0.25, -0.2) is 4.39 Å². The van der Waals surface area contributed by atoms with Gasteiger partial charge in [0, 0.05) is 12.5 Å². The van der Waals surface area contributed by atoms with Crippen LogP contribution in [0.1, 0.15) is 37.7 Å². The molecule has 0 radical (unpaired) electrons. The number of carboxylic acids is 1. The molecule has 0 bridgehead atoms. The second-order valence-corrected chi connectivity index (χ2v) is 5.53. The van der Waals surface area contributed by atoms with Crippen molar-refractivity contribution in [2.75, 3.05) is 0 Å². The zero-order valence-corrected chi connectivity index (χ0v) is 11.8. The molecule has 1 saturated carbocycles. The normalized spacial score (nSPS) is 21.8. The van der Waals surface area contributed by atoms with Gasteiger partial charge in [-0.15, -0.1) is 0 Å². The van der Waals surface area contributed by atoms with E-state index in [-0.39, 0.29) is 24.2 Å². The fraction of sp³-hybridized carbons (Fsp3) is 0.500. The van der Waals surface area contributed by atoms with E-state index in [4.69, 9.17) is 5.11 Å². The summed E-state index contributed by atoms with van der Waals surface area (Å²) < 4.78 is 13.0. The van der Waals surface area contributed by atoms with Gasteiger partial charge in [-0.05, 0) is 37.0 Å². The minimum atomic E-state index is -0.842. The van der Waals surface area contributed by atoms with Crippen molar-refractivity contribution in [3.8, 4) is 0 Å². The van der Waals surface area contributed by atoms with E-state index in [9.17, 15) is 14.0 Å². The number of aliphatic carboxylic acids is 1. The summed E-state index contributed by atoms with van der Waals surface area (Å²) >= 11 is 0. The zero-order chi connectivity index (χ0) is 15.2. The summed E-state index contributed by atoms with van der Waals surface area (Å²) in [6.45, 7) is 0. The lowest BCUT2D eigenvalue weighted by atomic mass is 9.84. The van der Waals surface area contributed by atoms with Crippen molar-refractivity contribution >= 4 is 11.9 Å². The van der Waals surface area contributed by atoms with Crippen molar-refractivity contribution in [1.29, 1.82) is 0 Å². The maximum absolute atomic E-state index is 13.0. The maximum atomic E-state index is 13.0. The molecule has 1 aliphatic rings. The molecule has 2 rings (SSSR count). The van der Waals surface area contributed by atoms with Crippen LogP contribution >= 0.6 is 0 Å². The molecule has 0 heterocycles. The van der Waals surface area contributed by atoms with Crippen LogP contribution in [-0.2, 0) is 16.0 Å². The third-order valence-corrected chi connectivity index (χ3v) is 3.96. The highest BCUT2D eigenvalue weighted by molar-refractivity contribution is 5.78. The average Bonchev–Trinajstić information content (AvgIpc) is 2.45. The summed E-state index contributed by atoms with van der Waals surface area (Å²) in [5, 5.41) is 12.0. The Morgan fingerprint density at radius 1 is 1.29 bits per heavy atom. The largest absolute Gasteiger partial charge is 0.481 e. The van der Waals surface area contributed by atoms with E-state index in [1.54, 1.807) is 12.1 Å². The van der Waals surface area contributed by atoms with Crippen LogP contribution in [0.2, 0.25) is 0 Å². The zero-order valence-electron chi connectivity index (χ0n) is 11.8. The molecular formula is C16H20FNO3. The highest BCUT2D eigenvalue weighted by atomic mass is 19.1. The molecule has 114 valence electrons. The first kappa shape index (κ1) is 15.5. The Kier molecular flexibility index (Phi) is 5.31. The van der Waals surface area contributed by atoms with Gasteiger partial charge in [-0.3, -0.25) is 9.59 Å². The van der Waals surface area contributed by atoms with Gasteiger partial charge in [0.05, 0.1) is 5.92 Å². The molecule has 1 fully saturated rings. The summed E-state index contributed by atoms with van der Waals surface area (Å²) in [4.78, 5) is 23.1. The highest BCUT2D eigenvalue weighted by Crippen LogP contribution is 2.24. The number of benzene rings is 1. The molecule has 0 spiro atoms. The second-order valence-electron chi connectivity index (χ2n) is 5.53. The summed E-state index contributed by atoms with van der Waals surface area (Å²) in [5.74, 6) is -1.81. The number of hydrogen-bond acceptors (Lipinski definition) is 2. The van der Waals surface area contributed by atoms with Crippen LogP contribution in [0.15, 0.2) is 24.3 Å². The molecule has 0 aromatic heterocycles. The Hall–Kier alpha value is -1.91. The van der Waals surface area contributed by atoms with E-state index < -0.39 is 11.9 Å². The van der Waals surface area contributed by atoms with Crippen LogP contribution in [0.3, 0.4) is 0 Å². The maximum Gasteiger partial charge on any atom is 0.308 e. The smallest absolute Gasteiger partial charge is 0.308 e. The number of rotatable bonds is 5. The first-order valence-corrected chi connectivity index (χ1v) is 7.33. The Labute approximate surface area is 123 Å². The Morgan fingerprint density at radius 3 is 2.76 bits per heavy atom. The molecular weight excluding hydrogens is 273 g/mol. The van der Waals surface area contributed by atoms with E-state index in [0.717, 1.165) is 18.4 Å². The van der Waals surface area contributed by atoms with Crippen molar-refractivity contribution in [2.24, 2.45) is 5.92 Å². The number of nitrogens with one attached hydrogen (secondary N) is 1. The number of amides is 1. The molecule has 1 amide bonds. The number of halogens is 1. The summed E-state index contributed by atoms with van der Waals surface area (Å²) in [6.07, 6.45) is 3.86. The van der Waals surface area contributed by atoms with Gasteiger partial charge in [0.1, 0.15) is 5.82 Å². The van der Waals surface area contributed by atoms with Gasteiger partial charge in [0.25, 0.3) is 0 Å². The minimum Gasteiger partial charge on any atom is -0.481 e. The lowest BCUT2D eigenvalue weighted by molar-refractivity contribution is -0.144. The number of carboxylic acid groups (broad SMARTS) is 1. The number of carbonyl (C=O) groups excluding carboxylic acids is 1. The Morgan fingerprint density at radius 2 is 2.05 bits per heavy atom. The lowest BCUT2D eigenvalue weighted by Crippen LogP contribution is -2.45. The quantitative estimate of drug-likeness (QED) is 0.876. The van der Waals surface area contributed by atoms with Gasteiger partial charge in [0.15, 0.2) is 0 Å². The van der Waals surface area contributed by atoms with Crippen molar-refractivity contribution < 1.29 is 19.1 Å². The average molecular weight is 293 g/mol. The second kappa shape index (κ2) is 7.20. The van der Waals surface area contributed by atoms with E-state index >= 15 is 0 Å².